The van der Waals surface area contributed by atoms with Gasteiger partial charge in [0.25, 0.3) is 0 Å². The summed E-state index contributed by atoms with van der Waals surface area (Å²) in [6.07, 6.45) is 0. The van der Waals surface area contributed by atoms with Crippen LogP contribution in [-0.4, -0.2) is 4.57 Å². The molecule has 66 heavy (non-hydrogen) atoms. The molecule has 0 saturated heterocycles. The summed E-state index contributed by atoms with van der Waals surface area (Å²) in [5.74, 6) is 0. The summed E-state index contributed by atoms with van der Waals surface area (Å²) < 4.78 is 2.42. The first kappa shape index (κ1) is 37.8. The first-order chi connectivity index (χ1) is 32.7. The number of aromatic nitrogens is 1. The predicted molar refractivity (Wildman–Crippen MR) is 282 cm³/mol. The molecule has 0 aliphatic rings. The van der Waals surface area contributed by atoms with Crippen molar-refractivity contribution in [2.24, 2.45) is 0 Å². The van der Waals surface area contributed by atoms with Crippen LogP contribution in [-0.2, 0) is 0 Å². The van der Waals surface area contributed by atoms with Gasteiger partial charge in [-0.25, -0.2) is 0 Å². The molecule has 0 fully saturated rings. The maximum atomic E-state index is 2.42. The van der Waals surface area contributed by atoms with Crippen LogP contribution >= 0.6 is 0 Å². The average Bonchev–Trinajstić information content (AvgIpc) is 3.74. The molecule has 0 spiro atoms. The molecule has 13 rings (SSSR count). The second kappa shape index (κ2) is 15.5. The van der Waals surface area contributed by atoms with Gasteiger partial charge in [-0.05, 0) is 137 Å². The molecule has 2 nitrogen and oxygen atoms in total. The van der Waals surface area contributed by atoms with Crippen LogP contribution in [0.5, 0.6) is 0 Å². The lowest BCUT2D eigenvalue weighted by Crippen LogP contribution is -2.10. The summed E-state index contributed by atoms with van der Waals surface area (Å²) in [5, 5.41) is 12.5. The lowest BCUT2D eigenvalue weighted by Gasteiger charge is -2.27. The number of benzene rings is 12. The third-order valence-corrected chi connectivity index (χ3v) is 13.5. The zero-order valence-electron chi connectivity index (χ0n) is 36.1. The van der Waals surface area contributed by atoms with Gasteiger partial charge in [-0.2, -0.15) is 0 Å². The molecule has 308 valence electrons. The Labute approximate surface area is 383 Å². The van der Waals surface area contributed by atoms with Gasteiger partial charge in [0, 0.05) is 33.5 Å². The van der Waals surface area contributed by atoms with Gasteiger partial charge in [0.2, 0.25) is 0 Å². The zero-order valence-corrected chi connectivity index (χ0v) is 36.1. The van der Waals surface area contributed by atoms with Gasteiger partial charge in [-0.15, -0.1) is 0 Å². The molecular formula is C64H42N2. The van der Waals surface area contributed by atoms with E-state index in [-0.39, 0.29) is 0 Å². The van der Waals surface area contributed by atoms with E-state index in [2.05, 4.69) is 264 Å². The summed E-state index contributed by atoms with van der Waals surface area (Å²) >= 11 is 0. The van der Waals surface area contributed by atoms with E-state index < -0.39 is 0 Å². The number of anilines is 3. The maximum Gasteiger partial charge on any atom is 0.0547 e. The van der Waals surface area contributed by atoms with Crippen molar-refractivity contribution in [3.63, 3.8) is 0 Å². The molecule has 0 aliphatic heterocycles. The normalized spacial score (nSPS) is 11.6. The minimum atomic E-state index is 1.09. The zero-order chi connectivity index (χ0) is 43.6. The summed E-state index contributed by atoms with van der Waals surface area (Å²) in [6.45, 7) is 0. The highest BCUT2D eigenvalue weighted by atomic mass is 15.1. The third-order valence-electron chi connectivity index (χ3n) is 13.5. The van der Waals surface area contributed by atoms with Crippen LogP contribution in [0.25, 0.3) is 104 Å². The van der Waals surface area contributed by atoms with E-state index in [1.807, 2.05) is 0 Å². The van der Waals surface area contributed by atoms with Gasteiger partial charge in [-0.3, -0.25) is 0 Å². The monoisotopic (exact) mass is 838 g/mol. The van der Waals surface area contributed by atoms with Crippen molar-refractivity contribution in [1.82, 2.24) is 4.57 Å². The quantitative estimate of drug-likeness (QED) is 0.145. The summed E-state index contributed by atoms with van der Waals surface area (Å²) in [6, 6.07) is 93.3. The maximum absolute atomic E-state index is 2.42. The number of para-hydroxylation sites is 1. The molecule has 0 unspecified atom stereocenters. The molecular weight excluding hydrogens is 797 g/mol. The minimum absolute atomic E-state index is 1.09. The Balaban J connectivity index is 0.963. The second-order valence-electron chi connectivity index (χ2n) is 17.3. The van der Waals surface area contributed by atoms with Crippen molar-refractivity contribution >= 4 is 82.0 Å². The van der Waals surface area contributed by atoms with Crippen LogP contribution in [0.2, 0.25) is 0 Å². The van der Waals surface area contributed by atoms with E-state index >= 15 is 0 Å². The fraction of sp³-hybridized carbons (Fsp3) is 0. The molecule has 0 aliphatic carbocycles. The first-order valence-corrected chi connectivity index (χ1v) is 22.7. The smallest absolute Gasteiger partial charge is 0.0547 e. The third kappa shape index (κ3) is 6.26. The fourth-order valence-corrected chi connectivity index (χ4v) is 10.4. The van der Waals surface area contributed by atoms with Gasteiger partial charge in [-0.1, -0.05) is 194 Å². The van der Waals surface area contributed by atoms with Crippen LogP contribution in [0, 0.1) is 0 Å². The van der Waals surface area contributed by atoms with E-state index in [1.165, 1.54) is 98.3 Å². The van der Waals surface area contributed by atoms with Crippen LogP contribution in [0.3, 0.4) is 0 Å². The molecule has 0 bridgehead atoms. The molecule has 0 N–H and O–H groups in total. The van der Waals surface area contributed by atoms with Crippen LogP contribution in [0.1, 0.15) is 0 Å². The molecule has 1 heterocycles. The van der Waals surface area contributed by atoms with E-state index in [0.29, 0.717) is 0 Å². The molecule has 0 radical (unpaired) electrons. The van der Waals surface area contributed by atoms with E-state index in [0.717, 1.165) is 22.7 Å². The highest BCUT2D eigenvalue weighted by Gasteiger charge is 2.19. The van der Waals surface area contributed by atoms with Crippen molar-refractivity contribution in [2.75, 3.05) is 4.90 Å². The molecule has 13 aromatic rings. The second-order valence-corrected chi connectivity index (χ2v) is 17.3. The minimum Gasteiger partial charge on any atom is -0.310 e. The Kier molecular flexibility index (Phi) is 8.89. The van der Waals surface area contributed by atoms with E-state index in [9.17, 15) is 0 Å². The molecule has 2 heteroatoms. The number of rotatable bonds is 7. The van der Waals surface area contributed by atoms with E-state index in [1.54, 1.807) is 0 Å². The van der Waals surface area contributed by atoms with Crippen LogP contribution in [0.15, 0.2) is 255 Å². The summed E-state index contributed by atoms with van der Waals surface area (Å²) in [7, 11) is 0. The largest absolute Gasteiger partial charge is 0.310 e. The molecule has 1 aromatic heterocycles. The van der Waals surface area contributed by atoms with Crippen LogP contribution in [0.4, 0.5) is 17.1 Å². The number of hydrogen-bond donors (Lipinski definition) is 0. The SMILES string of the molecule is c1ccc(-c2ccc(-c3cccc(N(c4ccc(-c5cccc6c5c5ccccc5n6-c5ccc6ccccc6c5)cc4)c4ccc5c6ccccc6c6ccccc6c5c4)c3)cc2)cc1. The summed E-state index contributed by atoms with van der Waals surface area (Å²) in [5.41, 5.74) is 14.0. The van der Waals surface area contributed by atoms with Crippen molar-refractivity contribution in [2.45, 2.75) is 0 Å². The molecule has 0 amide bonds. The van der Waals surface area contributed by atoms with Gasteiger partial charge in [0.05, 0.1) is 11.0 Å². The van der Waals surface area contributed by atoms with Crippen molar-refractivity contribution < 1.29 is 0 Å². The van der Waals surface area contributed by atoms with Gasteiger partial charge >= 0.3 is 0 Å². The van der Waals surface area contributed by atoms with Gasteiger partial charge < -0.3 is 9.47 Å². The van der Waals surface area contributed by atoms with Crippen molar-refractivity contribution in [3.8, 4) is 39.1 Å². The number of fused-ring (bicyclic) bond motifs is 10. The van der Waals surface area contributed by atoms with Crippen molar-refractivity contribution in [1.29, 1.82) is 0 Å². The van der Waals surface area contributed by atoms with E-state index in [4.69, 9.17) is 0 Å². The molecule has 0 atom stereocenters. The van der Waals surface area contributed by atoms with Gasteiger partial charge in [0.1, 0.15) is 0 Å². The Bertz CT molecular complexity index is 3940. The van der Waals surface area contributed by atoms with Gasteiger partial charge in [0.15, 0.2) is 0 Å². The Morgan fingerprint density at radius 1 is 0.258 bits per heavy atom. The standard InChI is InChI=1S/C64H42N2/c1-2-14-43(15-3-1)45-28-30-46(31-29-45)49-18-12-19-51(40-49)65(53-38-39-59-57-22-7-6-20-55(57)56-21-8-9-23-58(56)61(59)42-53)50-35-33-47(34-36-50)54-25-13-27-63-64(54)60-24-10-11-26-62(60)66(63)52-37-32-44-16-4-5-17-48(44)41-52/h1-42H. The number of nitrogens with zero attached hydrogens (tertiary/aromatic N) is 2. The average molecular weight is 839 g/mol. The molecule has 0 saturated carbocycles. The topological polar surface area (TPSA) is 8.17 Å². The Morgan fingerprint density at radius 2 is 0.773 bits per heavy atom. The lowest BCUT2D eigenvalue weighted by atomic mass is 9.94. The highest BCUT2D eigenvalue weighted by molar-refractivity contribution is 6.26. The Morgan fingerprint density at radius 3 is 1.52 bits per heavy atom. The van der Waals surface area contributed by atoms with Crippen molar-refractivity contribution in [3.05, 3.63) is 255 Å². The number of hydrogen-bond acceptors (Lipinski definition) is 1. The first-order valence-electron chi connectivity index (χ1n) is 22.7. The van der Waals surface area contributed by atoms with Crippen LogP contribution < -0.4 is 4.90 Å². The lowest BCUT2D eigenvalue weighted by molar-refractivity contribution is 1.19. The predicted octanol–water partition coefficient (Wildman–Crippen LogP) is 17.9. The fourth-order valence-electron chi connectivity index (χ4n) is 10.4. The molecule has 12 aromatic carbocycles. The highest BCUT2D eigenvalue weighted by Crippen LogP contribution is 2.44. The Hall–Kier alpha value is -8.72. The summed E-state index contributed by atoms with van der Waals surface area (Å²) in [4.78, 5) is 2.42.